The number of hydrogen-bond donors (Lipinski definition) is 1. The van der Waals surface area contributed by atoms with E-state index in [1.54, 1.807) is 18.3 Å². The minimum atomic E-state index is -0.435. The Labute approximate surface area is 190 Å². The minimum absolute atomic E-state index is 0.0999. The highest BCUT2D eigenvalue weighted by Gasteiger charge is 2.20. The maximum Gasteiger partial charge on any atom is 0.267 e. The second kappa shape index (κ2) is 9.78. The number of fused-ring (bicyclic) bond motifs is 1. The number of aromatic nitrogens is 3. The second-order valence-corrected chi connectivity index (χ2v) is 8.84. The molecule has 4 rings (SSSR count). The molecule has 2 heterocycles. The van der Waals surface area contributed by atoms with Crippen molar-refractivity contribution >= 4 is 28.6 Å². The van der Waals surface area contributed by atoms with Gasteiger partial charge in [0.05, 0.1) is 16.2 Å². The van der Waals surface area contributed by atoms with Gasteiger partial charge in [-0.2, -0.15) is 0 Å². The lowest BCUT2D eigenvalue weighted by Gasteiger charge is -2.16. The summed E-state index contributed by atoms with van der Waals surface area (Å²) in [6.07, 6.45) is 2.43. The Morgan fingerprint density at radius 3 is 2.62 bits per heavy atom. The SMILES string of the molecule is Cc1ccnc(-n2c(SC(C)C(=O)NCCc3ccccc3)nc3ccccc3c2=O)c1. The van der Waals surface area contributed by atoms with Crippen LogP contribution in [0.5, 0.6) is 0 Å². The number of rotatable bonds is 7. The van der Waals surface area contributed by atoms with Gasteiger partial charge in [0, 0.05) is 12.7 Å². The van der Waals surface area contributed by atoms with Crippen molar-refractivity contribution in [3.63, 3.8) is 0 Å². The number of aryl methyl sites for hydroxylation is 1. The normalized spacial score (nSPS) is 11.9. The average Bonchev–Trinajstić information content (AvgIpc) is 2.80. The van der Waals surface area contributed by atoms with Crippen LogP contribution in [-0.4, -0.2) is 32.2 Å². The summed E-state index contributed by atoms with van der Waals surface area (Å²) in [5, 5.41) is 3.50. The number of para-hydroxylation sites is 1. The fourth-order valence-electron chi connectivity index (χ4n) is 3.37. The van der Waals surface area contributed by atoms with E-state index in [1.165, 1.54) is 21.9 Å². The molecule has 1 amide bonds. The first-order valence-corrected chi connectivity index (χ1v) is 11.3. The van der Waals surface area contributed by atoms with E-state index in [1.807, 2.05) is 68.4 Å². The topological polar surface area (TPSA) is 76.9 Å². The van der Waals surface area contributed by atoms with Crippen LogP contribution in [-0.2, 0) is 11.2 Å². The molecule has 4 aromatic rings. The molecular weight excluding hydrogens is 420 g/mol. The molecule has 2 aromatic heterocycles. The molecule has 0 saturated carbocycles. The molecule has 0 aliphatic heterocycles. The second-order valence-electron chi connectivity index (χ2n) is 7.53. The lowest BCUT2D eigenvalue weighted by Crippen LogP contribution is -2.33. The molecule has 1 N–H and O–H groups in total. The molecule has 162 valence electrons. The van der Waals surface area contributed by atoms with Crippen molar-refractivity contribution in [1.29, 1.82) is 0 Å². The minimum Gasteiger partial charge on any atom is -0.355 e. The van der Waals surface area contributed by atoms with Gasteiger partial charge in [-0.1, -0.05) is 54.2 Å². The van der Waals surface area contributed by atoms with Crippen LogP contribution >= 0.6 is 11.8 Å². The summed E-state index contributed by atoms with van der Waals surface area (Å²) in [4.78, 5) is 35.1. The summed E-state index contributed by atoms with van der Waals surface area (Å²) in [7, 11) is 0. The Morgan fingerprint density at radius 2 is 1.84 bits per heavy atom. The Bertz CT molecular complexity index is 1300. The number of benzene rings is 2. The van der Waals surface area contributed by atoms with Gasteiger partial charge in [-0.15, -0.1) is 0 Å². The average molecular weight is 445 g/mol. The number of carbonyl (C=O) groups excluding carboxylic acids is 1. The zero-order valence-corrected chi connectivity index (χ0v) is 18.8. The van der Waals surface area contributed by atoms with Crippen molar-refractivity contribution in [2.45, 2.75) is 30.7 Å². The van der Waals surface area contributed by atoms with Crippen LogP contribution in [0.4, 0.5) is 0 Å². The molecule has 0 spiro atoms. The van der Waals surface area contributed by atoms with Crippen molar-refractivity contribution < 1.29 is 4.79 Å². The number of nitrogens with zero attached hydrogens (tertiary/aromatic N) is 3. The highest BCUT2D eigenvalue weighted by atomic mass is 32.2. The highest BCUT2D eigenvalue weighted by Crippen LogP contribution is 2.24. The predicted octanol–water partition coefficient (Wildman–Crippen LogP) is 3.93. The van der Waals surface area contributed by atoms with E-state index in [-0.39, 0.29) is 11.5 Å². The first-order valence-electron chi connectivity index (χ1n) is 10.5. The number of hydrogen-bond acceptors (Lipinski definition) is 5. The zero-order valence-electron chi connectivity index (χ0n) is 18.0. The summed E-state index contributed by atoms with van der Waals surface area (Å²) >= 11 is 1.25. The summed E-state index contributed by atoms with van der Waals surface area (Å²) < 4.78 is 1.49. The summed E-state index contributed by atoms with van der Waals surface area (Å²) in [5.41, 5.74) is 2.55. The summed E-state index contributed by atoms with van der Waals surface area (Å²) in [6.45, 7) is 4.31. The molecule has 7 heteroatoms. The van der Waals surface area contributed by atoms with Gasteiger partial charge in [0.1, 0.15) is 5.82 Å². The zero-order chi connectivity index (χ0) is 22.5. The van der Waals surface area contributed by atoms with Gasteiger partial charge in [-0.3, -0.25) is 9.59 Å². The fourth-order valence-corrected chi connectivity index (χ4v) is 4.31. The Kier molecular flexibility index (Phi) is 6.66. The highest BCUT2D eigenvalue weighted by molar-refractivity contribution is 8.00. The molecule has 1 unspecified atom stereocenters. The first kappa shape index (κ1) is 21.8. The molecule has 0 aliphatic rings. The van der Waals surface area contributed by atoms with Crippen LogP contribution in [0, 0.1) is 6.92 Å². The van der Waals surface area contributed by atoms with Gasteiger partial charge in [0.15, 0.2) is 5.16 Å². The fraction of sp³-hybridized carbons (Fsp3) is 0.200. The van der Waals surface area contributed by atoms with Crippen molar-refractivity contribution in [3.8, 4) is 5.82 Å². The van der Waals surface area contributed by atoms with E-state index in [0.29, 0.717) is 28.4 Å². The standard InChI is InChI=1S/C25H24N4O2S/c1-17-12-14-26-22(16-17)29-24(31)20-10-6-7-11-21(20)28-25(29)32-18(2)23(30)27-15-13-19-8-4-3-5-9-19/h3-12,14,16,18H,13,15H2,1-2H3,(H,27,30). The van der Waals surface area contributed by atoms with Crippen LogP contribution in [0.3, 0.4) is 0 Å². The number of amides is 1. The van der Waals surface area contributed by atoms with Gasteiger partial charge >= 0.3 is 0 Å². The van der Waals surface area contributed by atoms with Gasteiger partial charge in [-0.05, 0) is 55.7 Å². The first-order chi connectivity index (χ1) is 15.5. The molecule has 6 nitrogen and oxygen atoms in total. The van der Waals surface area contributed by atoms with Crippen molar-refractivity contribution in [2.75, 3.05) is 6.54 Å². The number of carbonyl (C=O) groups is 1. The lowest BCUT2D eigenvalue weighted by atomic mass is 10.1. The Balaban J connectivity index is 1.59. The third kappa shape index (κ3) is 4.89. The summed E-state index contributed by atoms with van der Waals surface area (Å²) in [5.74, 6) is 0.393. The number of thioether (sulfide) groups is 1. The van der Waals surface area contributed by atoms with E-state index in [0.717, 1.165) is 12.0 Å². The third-order valence-corrected chi connectivity index (χ3v) is 6.13. The van der Waals surface area contributed by atoms with Crippen LogP contribution in [0.2, 0.25) is 0 Å². The molecule has 0 aliphatic carbocycles. The van der Waals surface area contributed by atoms with E-state index < -0.39 is 5.25 Å². The van der Waals surface area contributed by atoms with E-state index in [4.69, 9.17) is 4.98 Å². The van der Waals surface area contributed by atoms with Gasteiger partial charge < -0.3 is 5.32 Å². The van der Waals surface area contributed by atoms with Crippen molar-refractivity contribution in [1.82, 2.24) is 19.9 Å². The Morgan fingerprint density at radius 1 is 1.09 bits per heavy atom. The quantitative estimate of drug-likeness (QED) is 0.345. The summed E-state index contributed by atoms with van der Waals surface area (Å²) in [6, 6.07) is 21.0. The lowest BCUT2D eigenvalue weighted by molar-refractivity contribution is -0.120. The van der Waals surface area contributed by atoms with Gasteiger partial charge in [0.25, 0.3) is 5.56 Å². The largest absolute Gasteiger partial charge is 0.355 e. The molecule has 1 atom stereocenters. The maximum absolute atomic E-state index is 13.3. The maximum atomic E-state index is 13.3. The Hall–Kier alpha value is -3.45. The third-order valence-electron chi connectivity index (χ3n) is 5.08. The van der Waals surface area contributed by atoms with Crippen LogP contribution in [0.1, 0.15) is 18.1 Å². The van der Waals surface area contributed by atoms with E-state index in [2.05, 4.69) is 10.3 Å². The molecule has 32 heavy (non-hydrogen) atoms. The van der Waals surface area contributed by atoms with E-state index in [9.17, 15) is 9.59 Å². The van der Waals surface area contributed by atoms with Crippen molar-refractivity contribution in [3.05, 3.63) is 94.4 Å². The predicted molar refractivity (Wildman–Crippen MR) is 128 cm³/mol. The smallest absolute Gasteiger partial charge is 0.267 e. The monoisotopic (exact) mass is 444 g/mol. The molecular formula is C25H24N4O2S. The van der Waals surface area contributed by atoms with Gasteiger partial charge in [-0.25, -0.2) is 14.5 Å². The molecule has 0 fully saturated rings. The van der Waals surface area contributed by atoms with E-state index >= 15 is 0 Å². The molecule has 0 radical (unpaired) electrons. The van der Waals surface area contributed by atoms with Crippen LogP contribution in [0.15, 0.2) is 82.9 Å². The number of pyridine rings is 1. The molecule has 0 saturated heterocycles. The number of nitrogens with one attached hydrogen (secondary N) is 1. The molecule has 0 bridgehead atoms. The molecule has 2 aromatic carbocycles. The van der Waals surface area contributed by atoms with Gasteiger partial charge in [0.2, 0.25) is 5.91 Å². The van der Waals surface area contributed by atoms with Crippen LogP contribution < -0.4 is 10.9 Å². The van der Waals surface area contributed by atoms with Crippen molar-refractivity contribution in [2.24, 2.45) is 0 Å². The van der Waals surface area contributed by atoms with Crippen LogP contribution in [0.25, 0.3) is 16.7 Å².